The lowest BCUT2D eigenvalue weighted by Gasteiger charge is -2.24. The molecular weight excluding hydrogens is 153 g/mol. The van der Waals surface area contributed by atoms with Crippen molar-refractivity contribution in [2.75, 3.05) is 26.3 Å². The van der Waals surface area contributed by atoms with Crippen molar-refractivity contribution < 1.29 is 18.7 Å². The molecule has 62 valence electrons. The quantitative estimate of drug-likeness (QED) is 0.379. The van der Waals surface area contributed by atoms with E-state index in [2.05, 4.69) is 0 Å². The van der Waals surface area contributed by atoms with Crippen LogP contribution in [-0.4, -0.2) is 43.1 Å². The van der Waals surface area contributed by atoms with Crippen molar-refractivity contribution in [3.05, 3.63) is 0 Å². The van der Waals surface area contributed by atoms with E-state index in [9.17, 15) is 14.0 Å². The van der Waals surface area contributed by atoms with Crippen LogP contribution in [0.1, 0.15) is 0 Å². The van der Waals surface area contributed by atoms with Gasteiger partial charge >= 0.3 is 11.9 Å². The average molecular weight is 161 g/mol. The second kappa shape index (κ2) is 3.43. The Kier molecular flexibility index (Phi) is 2.53. The average Bonchev–Trinajstić information content (AvgIpc) is 2.05. The summed E-state index contributed by atoms with van der Waals surface area (Å²) < 4.78 is 16.7. The van der Waals surface area contributed by atoms with Crippen molar-refractivity contribution in [2.45, 2.75) is 0 Å². The van der Waals surface area contributed by atoms with E-state index in [-0.39, 0.29) is 0 Å². The van der Waals surface area contributed by atoms with Gasteiger partial charge in [0.1, 0.15) is 0 Å². The lowest BCUT2D eigenvalue weighted by molar-refractivity contribution is -0.153. The molecular formula is C6H8FNO3. The van der Waals surface area contributed by atoms with Gasteiger partial charge in [-0.1, -0.05) is 0 Å². The van der Waals surface area contributed by atoms with Crippen LogP contribution >= 0.6 is 0 Å². The molecule has 4 nitrogen and oxygen atoms in total. The third-order valence-electron chi connectivity index (χ3n) is 1.47. The summed E-state index contributed by atoms with van der Waals surface area (Å²) in [6.45, 7) is 1.35. The number of ether oxygens (including phenoxy) is 1. The highest BCUT2D eigenvalue weighted by Crippen LogP contribution is 1.97. The molecule has 0 atom stereocenters. The van der Waals surface area contributed by atoms with Crippen LogP contribution in [0.3, 0.4) is 0 Å². The Morgan fingerprint density at radius 3 is 2.27 bits per heavy atom. The maximum Gasteiger partial charge on any atom is 0.389 e. The van der Waals surface area contributed by atoms with E-state index in [0.29, 0.717) is 26.3 Å². The number of carbonyl (C=O) groups is 2. The number of rotatable bonds is 1. The van der Waals surface area contributed by atoms with Crippen molar-refractivity contribution in [1.82, 2.24) is 4.90 Å². The fraction of sp³-hybridized carbons (Fsp3) is 0.667. The molecule has 0 bridgehead atoms. The lowest BCUT2D eigenvalue weighted by Crippen LogP contribution is -2.43. The van der Waals surface area contributed by atoms with Crippen LogP contribution in [-0.2, 0) is 14.3 Å². The topological polar surface area (TPSA) is 46.6 Å². The molecule has 1 amide bonds. The van der Waals surface area contributed by atoms with E-state index < -0.39 is 11.9 Å². The zero-order valence-corrected chi connectivity index (χ0v) is 5.88. The molecule has 0 aromatic carbocycles. The molecule has 0 spiro atoms. The summed E-state index contributed by atoms with van der Waals surface area (Å²) >= 11 is 0. The number of hydrogen-bond acceptors (Lipinski definition) is 3. The Balaban J connectivity index is 2.45. The van der Waals surface area contributed by atoms with Gasteiger partial charge in [-0.25, -0.2) is 4.79 Å². The summed E-state index contributed by atoms with van der Waals surface area (Å²) in [6.07, 6.45) is 0. The van der Waals surface area contributed by atoms with Crippen LogP contribution in [0.25, 0.3) is 0 Å². The second-order valence-corrected chi connectivity index (χ2v) is 2.18. The van der Waals surface area contributed by atoms with Gasteiger partial charge in [0.2, 0.25) is 0 Å². The zero-order valence-electron chi connectivity index (χ0n) is 5.88. The zero-order chi connectivity index (χ0) is 8.27. The molecule has 1 saturated heterocycles. The van der Waals surface area contributed by atoms with Crippen LogP contribution in [0, 0.1) is 0 Å². The van der Waals surface area contributed by atoms with Crippen LogP contribution in [0.4, 0.5) is 4.39 Å². The minimum absolute atomic E-state index is 0.300. The van der Waals surface area contributed by atoms with E-state index in [1.807, 2.05) is 0 Å². The smallest absolute Gasteiger partial charge is 0.378 e. The molecule has 0 aromatic heterocycles. The number of amides is 1. The predicted octanol–water partition coefficient (Wildman–Crippen LogP) is -0.659. The second-order valence-electron chi connectivity index (χ2n) is 2.18. The van der Waals surface area contributed by atoms with Gasteiger partial charge in [-0.2, -0.15) is 4.39 Å². The normalized spacial score (nSPS) is 18.1. The molecule has 0 aromatic rings. The molecule has 1 aliphatic rings. The first-order valence-electron chi connectivity index (χ1n) is 3.28. The van der Waals surface area contributed by atoms with Gasteiger partial charge in [0, 0.05) is 13.1 Å². The predicted molar refractivity (Wildman–Crippen MR) is 33.5 cm³/mol. The van der Waals surface area contributed by atoms with Crippen molar-refractivity contribution in [2.24, 2.45) is 0 Å². The monoisotopic (exact) mass is 161 g/mol. The van der Waals surface area contributed by atoms with Gasteiger partial charge in [0.05, 0.1) is 13.2 Å². The fourth-order valence-electron chi connectivity index (χ4n) is 0.891. The highest BCUT2D eigenvalue weighted by atomic mass is 19.1. The molecule has 0 saturated carbocycles. The summed E-state index contributed by atoms with van der Waals surface area (Å²) in [5.41, 5.74) is 0. The summed E-state index contributed by atoms with van der Waals surface area (Å²) in [4.78, 5) is 21.7. The molecule has 0 unspecified atom stereocenters. The van der Waals surface area contributed by atoms with Crippen molar-refractivity contribution in [3.63, 3.8) is 0 Å². The Bertz CT molecular complexity index is 177. The van der Waals surface area contributed by atoms with Crippen LogP contribution in [0.5, 0.6) is 0 Å². The number of carbonyl (C=O) groups excluding carboxylic acids is 2. The third kappa shape index (κ3) is 1.98. The van der Waals surface area contributed by atoms with E-state index in [1.165, 1.54) is 0 Å². The van der Waals surface area contributed by atoms with Crippen molar-refractivity contribution in [3.8, 4) is 0 Å². The van der Waals surface area contributed by atoms with Gasteiger partial charge < -0.3 is 9.64 Å². The standard InChI is InChI=1S/C6H8FNO3/c7-5(9)6(10)8-1-3-11-4-2-8/h1-4H2. The summed E-state index contributed by atoms with van der Waals surface area (Å²) in [5.74, 6) is -1.06. The molecule has 1 fully saturated rings. The number of morpholine rings is 1. The molecule has 0 N–H and O–H groups in total. The van der Waals surface area contributed by atoms with Crippen LogP contribution < -0.4 is 0 Å². The van der Waals surface area contributed by atoms with Crippen LogP contribution in [0.2, 0.25) is 0 Å². The molecule has 1 heterocycles. The summed E-state index contributed by atoms with van der Waals surface area (Å²) in [6, 6.07) is -1.90. The first-order chi connectivity index (χ1) is 5.22. The van der Waals surface area contributed by atoms with Gasteiger partial charge in [-0.05, 0) is 0 Å². The van der Waals surface area contributed by atoms with Crippen molar-refractivity contribution >= 4 is 11.9 Å². The van der Waals surface area contributed by atoms with Gasteiger partial charge in [0.15, 0.2) is 0 Å². The van der Waals surface area contributed by atoms with E-state index >= 15 is 0 Å². The SMILES string of the molecule is O=C(F)C(=O)N1CCOCC1. The van der Waals surface area contributed by atoms with E-state index in [4.69, 9.17) is 4.74 Å². The number of hydrogen-bond donors (Lipinski definition) is 0. The minimum Gasteiger partial charge on any atom is -0.378 e. The van der Waals surface area contributed by atoms with Crippen molar-refractivity contribution in [1.29, 1.82) is 0 Å². The Hall–Kier alpha value is -0.970. The fourth-order valence-corrected chi connectivity index (χ4v) is 0.891. The first-order valence-corrected chi connectivity index (χ1v) is 3.28. The maximum atomic E-state index is 11.8. The molecule has 5 heteroatoms. The van der Waals surface area contributed by atoms with E-state index in [1.54, 1.807) is 0 Å². The minimum atomic E-state index is -1.90. The highest BCUT2D eigenvalue weighted by molar-refractivity contribution is 6.31. The highest BCUT2D eigenvalue weighted by Gasteiger charge is 2.22. The van der Waals surface area contributed by atoms with Gasteiger partial charge in [0.25, 0.3) is 0 Å². The molecule has 1 aliphatic heterocycles. The molecule has 0 aliphatic carbocycles. The lowest BCUT2D eigenvalue weighted by atomic mass is 10.4. The van der Waals surface area contributed by atoms with Gasteiger partial charge in [-0.15, -0.1) is 0 Å². The number of nitrogens with zero attached hydrogens (tertiary/aromatic N) is 1. The summed E-state index contributed by atoms with van der Waals surface area (Å²) in [5, 5.41) is 0. The Labute approximate surface area is 62.9 Å². The largest absolute Gasteiger partial charge is 0.389 e. The van der Waals surface area contributed by atoms with Gasteiger partial charge in [-0.3, -0.25) is 4.79 Å². The Morgan fingerprint density at radius 2 is 1.82 bits per heavy atom. The number of halogens is 1. The third-order valence-corrected chi connectivity index (χ3v) is 1.47. The maximum absolute atomic E-state index is 11.8. The molecule has 0 radical (unpaired) electrons. The van der Waals surface area contributed by atoms with Crippen LogP contribution in [0.15, 0.2) is 0 Å². The first kappa shape index (κ1) is 8.13. The molecule has 1 rings (SSSR count). The molecule has 11 heavy (non-hydrogen) atoms. The summed E-state index contributed by atoms with van der Waals surface area (Å²) in [7, 11) is 0. The van der Waals surface area contributed by atoms with E-state index in [0.717, 1.165) is 4.90 Å². The Morgan fingerprint density at radius 1 is 1.27 bits per heavy atom.